The predicted octanol–water partition coefficient (Wildman–Crippen LogP) is 2.48. The van der Waals surface area contributed by atoms with Gasteiger partial charge in [-0.1, -0.05) is 13.3 Å². The van der Waals surface area contributed by atoms with E-state index in [1.165, 1.54) is 6.26 Å². The van der Waals surface area contributed by atoms with Gasteiger partial charge in [-0.15, -0.1) is 0 Å². The van der Waals surface area contributed by atoms with Crippen molar-refractivity contribution >= 4 is 17.1 Å². The molecule has 1 heterocycles. The van der Waals surface area contributed by atoms with Gasteiger partial charge in [-0.05, 0) is 0 Å². The van der Waals surface area contributed by atoms with Crippen molar-refractivity contribution in [2.24, 2.45) is 0 Å². The molecular formula is C10H16BF4NO2S. The van der Waals surface area contributed by atoms with Gasteiger partial charge in [0.2, 0.25) is 0 Å². The van der Waals surface area contributed by atoms with Crippen molar-refractivity contribution in [3.8, 4) is 0 Å². The van der Waals surface area contributed by atoms with Crippen molar-refractivity contribution in [2.45, 2.75) is 31.2 Å². The SMILES string of the molecule is CCCC[n+]1ccc(S(C)(=O)=O)cc1.F[B-](F)(F)F. The molecule has 1 rings (SSSR count). The summed E-state index contributed by atoms with van der Waals surface area (Å²) in [4.78, 5) is 0.380. The molecule has 0 amide bonds. The van der Waals surface area contributed by atoms with Crippen molar-refractivity contribution < 1.29 is 30.2 Å². The van der Waals surface area contributed by atoms with Crippen LogP contribution in [0.2, 0.25) is 0 Å². The summed E-state index contributed by atoms with van der Waals surface area (Å²) in [6.07, 6.45) is 7.10. The number of aryl methyl sites for hydroxylation is 1. The minimum absolute atomic E-state index is 0.380. The van der Waals surface area contributed by atoms with Crippen LogP contribution in [0.1, 0.15) is 19.8 Å². The first kappa shape index (κ1) is 17.9. The Bertz CT molecular complexity index is 467. The van der Waals surface area contributed by atoms with Crippen LogP contribution >= 0.6 is 0 Å². The fourth-order valence-corrected chi connectivity index (χ4v) is 1.80. The first-order valence-electron chi connectivity index (χ1n) is 5.60. The summed E-state index contributed by atoms with van der Waals surface area (Å²) >= 11 is 0. The van der Waals surface area contributed by atoms with Crippen LogP contribution in [-0.2, 0) is 16.4 Å². The van der Waals surface area contributed by atoms with E-state index in [9.17, 15) is 25.7 Å². The van der Waals surface area contributed by atoms with Crippen molar-refractivity contribution in [2.75, 3.05) is 6.26 Å². The summed E-state index contributed by atoms with van der Waals surface area (Å²) in [5.74, 6) is 0. The van der Waals surface area contributed by atoms with Crippen LogP contribution in [0.4, 0.5) is 17.3 Å². The quantitative estimate of drug-likeness (QED) is 0.487. The number of nitrogens with zero attached hydrogens (tertiary/aromatic N) is 1. The van der Waals surface area contributed by atoms with Crippen LogP contribution in [0.25, 0.3) is 0 Å². The third-order valence-corrected chi connectivity index (χ3v) is 3.19. The Labute approximate surface area is 110 Å². The number of unbranched alkanes of at least 4 members (excludes halogenated alkanes) is 1. The molecule has 0 atom stereocenters. The molecule has 3 nitrogen and oxygen atoms in total. The molecule has 0 fully saturated rings. The van der Waals surface area contributed by atoms with Gasteiger partial charge in [-0.3, -0.25) is 0 Å². The Hall–Kier alpha value is -1.12. The first-order chi connectivity index (χ1) is 8.54. The van der Waals surface area contributed by atoms with Crippen molar-refractivity contribution in [3.63, 3.8) is 0 Å². The molecule has 0 saturated carbocycles. The number of aromatic nitrogens is 1. The predicted molar refractivity (Wildman–Crippen MR) is 64.8 cm³/mol. The lowest BCUT2D eigenvalue weighted by atomic mass is 10.3. The summed E-state index contributed by atoms with van der Waals surface area (Å²) in [6, 6.07) is 3.29. The number of sulfone groups is 1. The second-order valence-corrected chi connectivity index (χ2v) is 5.91. The van der Waals surface area contributed by atoms with Crippen molar-refractivity contribution in [1.29, 1.82) is 0 Å². The molecule has 0 radical (unpaired) electrons. The second-order valence-electron chi connectivity index (χ2n) is 3.89. The van der Waals surface area contributed by atoms with Crippen LogP contribution in [-0.4, -0.2) is 21.9 Å². The van der Waals surface area contributed by atoms with Gasteiger partial charge in [0.05, 0.1) is 4.90 Å². The molecule has 0 spiro atoms. The van der Waals surface area contributed by atoms with Crippen molar-refractivity contribution in [3.05, 3.63) is 24.5 Å². The molecule has 1 aromatic rings. The number of halogens is 4. The molecule has 0 unspecified atom stereocenters. The molecule has 19 heavy (non-hydrogen) atoms. The van der Waals surface area contributed by atoms with Crippen LogP contribution in [0.5, 0.6) is 0 Å². The molecule has 0 aliphatic heterocycles. The zero-order chi connectivity index (χ0) is 15.1. The molecular weight excluding hydrogens is 285 g/mol. The molecule has 0 saturated heterocycles. The highest BCUT2D eigenvalue weighted by Gasteiger charge is 2.20. The standard InChI is InChI=1S/C10H16NO2S.BF4/c1-3-4-7-11-8-5-10(6-9-11)14(2,12)13;2-1(3,4)5/h5-6,8-9H,3-4,7H2,1-2H3;/q+1;-1. The lowest BCUT2D eigenvalue weighted by molar-refractivity contribution is -0.697. The Kier molecular flexibility index (Phi) is 7.03. The largest absolute Gasteiger partial charge is 0.673 e. The normalized spacial score (nSPS) is 11.7. The lowest BCUT2D eigenvalue weighted by Gasteiger charge is -1.97. The maximum Gasteiger partial charge on any atom is 0.673 e. The topological polar surface area (TPSA) is 38.0 Å². The zero-order valence-corrected chi connectivity index (χ0v) is 11.5. The molecule has 9 heteroatoms. The van der Waals surface area contributed by atoms with E-state index in [0.717, 1.165) is 19.4 Å². The lowest BCUT2D eigenvalue weighted by Crippen LogP contribution is -2.32. The smallest absolute Gasteiger partial charge is 0.418 e. The van der Waals surface area contributed by atoms with E-state index in [1.807, 2.05) is 17.0 Å². The van der Waals surface area contributed by atoms with Gasteiger partial charge >= 0.3 is 7.25 Å². The molecule has 0 aliphatic rings. The third-order valence-electron chi connectivity index (χ3n) is 2.06. The Balaban J connectivity index is 0.000000555. The van der Waals surface area contributed by atoms with Gasteiger partial charge in [0.1, 0.15) is 6.54 Å². The molecule has 0 aliphatic carbocycles. The van der Waals surface area contributed by atoms with Gasteiger partial charge in [0.15, 0.2) is 22.2 Å². The molecule has 110 valence electrons. The number of hydrogen-bond donors (Lipinski definition) is 0. The van der Waals surface area contributed by atoms with Gasteiger partial charge in [0, 0.05) is 24.8 Å². The number of hydrogen-bond acceptors (Lipinski definition) is 2. The fourth-order valence-electron chi connectivity index (χ4n) is 1.18. The average molecular weight is 301 g/mol. The number of pyridine rings is 1. The molecule has 0 aromatic carbocycles. The fraction of sp³-hybridized carbons (Fsp3) is 0.500. The van der Waals surface area contributed by atoms with Gasteiger partial charge in [-0.25, -0.2) is 13.0 Å². The van der Waals surface area contributed by atoms with Gasteiger partial charge in [-0.2, -0.15) is 0 Å². The summed E-state index contributed by atoms with van der Waals surface area (Å²) in [6.45, 7) is 3.08. The van der Waals surface area contributed by atoms with Crippen molar-refractivity contribution in [1.82, 2.24) is 0 Å². The van der Waals surface area contributed by atoms with Crippen LogP contribution in [0, 0.1) is 0 Å². The highest BCUT2D eigenvalue weighted by atomic mass is 32.2. The van der Waals surface area contributed by atoms with E-state index >= 15 is 0 Å². The maximum absolute atomic E-state index is 11.1. The summed E-state index contributed by atoms with van der Waals surface area (Å²) in [5, 5.41) is 0. The average Bonchev–Trinajstić information content (AvgIpc) is 2.23. The zero-order valence-electron chi connectivity index (χ0n) is 10.7. The van der Waals surface area contributed by atoms with Gasteiger partial charge < -0.3 is 17.3 Å². The highest BCUT2D eigenvalue weighted by molar-refractivity contribution is 7.90. The summed E-state index contributed by atoms with van der Waals surface area (Å²) < 4.78 is 63.3. The van der Waals surface area contributed by atoms with Crippen LogP contribution in [0.15, 0.2) is 29.4 Å². The van der Waals surface area contributed by atoms with Gasteiger partial charge in [0.25, 0.3) is 0 Å². The first-order valence-corrected chi connectivity index (χ1v) is 7.49. The highest BCUT2D eigenvalue weighted by Crippen LogP contribution is 2.06. The van der Waals surface area contributed by atoms with Crippen LogP contribution < -0.4 is 4.57 Å². The van der Waals surface area contributed by atoms with Crippen LogP contribution in [0.3, 0.4) is 0 Å². The summed E-state index contributed by atoms with van der Waals surface area (Å²) in [5.41, 5.74) is 0. The maximum atomic E-state index is 11.1. The molecule has 0 bridgehead atoms. The van der Waals surface area contributed by atoms with E-state index in [2.05, 4.69) is 6.92 Å². The monoisotopic (exact) mass is 301 g/mol. The minimum Gasteiger partial charge on any atom is -0.418 e. The Morgan fingerprint density at radius 2 is 1.58 bits per heavy atom. The van der Waals surface area contributed by atoms with E-state index < -0.39 is 17.1 Å². The van der Waals surface area contributed by atoms with E-state index in [0.29, 0.717) is 4.90 Å². The Morgan fingerprint density at radius 3 is 1.89 bits per heavy atom. The molecule has 0 N–H and O–H groups in total. The van der Waals surface area contributed by atoms with E-state index in [1.54, 1.807) is 12.1 Å². The number of rotatable bonds is 4. The molecule has 1 aromatic heterocycles. The summed E-state index contributed by atoms with van der Waals surface area (Å²) in [7, 11) is -9.05. The third kappa shape index (κ3) is 10.5. The second kappa shape index (κ2) is 7.47. The minimum atomic E-state index is -6.00. The Morgan fingerprint density at radius 1 is 1.16 bits per heavy atom. The van der Waals surface area contributed by atoms with E-state index in [4.69, 9.17) is 0 Å². The van der Waals surface area contributed by atoms with E-state index in [-0.39, 0.29) is 0 Å².